The van der Waals surface area contributed by atoms with Gasteiger partial charge in [-0.3, -0.25) is 29.5 Å². The Hall–Kier alpha value is -8.30. The Morgan fingerprint density at radius 1 is 0.742 bits per heavy atom. The van der Waals surface area contributed by atoms with E-state index in [4.69, 9.17) is 9.47 Å². The quantitative estimate of drug-likeness (QED) is 0.0405. The third-order valence-electron chi connectivity index (χ3n) is 11.4. The highest BCUT2D eigenvalue weighted by Gasteiger charge is 2.30. The van der Waals surface area contributed by atoms with Crippen molar-refractivity contribution in [3.63, 3.8) is 0 Å². The van der Waals surface area contributed by atoms with Gasteiger partial charge in [0.2, 0.25) is 11.0 Å². The number of carbonyl (C=O) groups is 4. The van der Waals surface area contributed by atoms with Gasteiger partial charge in [-0.2, -0.15) is 9.13 Å². The predicted molar refractivity (Wildman–Crippen MR) is 244 cm³/mol. The number of pyridine rings is 3. The van der Waals surface area contributed by atoms with Crippen LogP contribution < -0.4 is 24.7 Å². The van der Waals surface area contributed by atoms with Crippen molar-refractivity contribution >= 4 is 62.5 Å². The zero-order valence-electron chi connectivity index (χ0n) is 36.5. The summed E-state index contributed by atoms with van der Waals surface area (Å²) < 4.78 is 15.5. The normalized spacial score (nSPS) is 13.4. The molecule has 7 aromatic rings. The Labute approximate surface area is 379 Å². The van der Waals surface area contributed by atoms with Crippen LogP contribution in [-0.4, -0.2) is 71.1 Å². The number of esters is 1. The summed E-state index contributed by atoms with van der Waals surface area (Å²) in [5.74, 6) is -1.97. The van der Waals surface area contributed by atoms with Gasteiger partial charge in [0.05, 0.1) is 18.8 Å². The Bertz CT molecular complexity index is 3170. The van der Waals surface area contributed by atoms with Crippen molar-refractivity contribution in [1.29, 1.82) is 0 Å². The molecule has 1 aliphatic heterocycles. The van der Waals surface area contributed by atoms with Gasteiger partial charge in [0.25, 0.3) is 11.8 Å². The van der Waals surface area contributed by atoms with Crippen molar-refractivity contribution in [2.45, 2.75) is 19.3 Å². The number of benzene rings is 4. The highest BCUT2D eigenvalue weighted by Crippen LogP contribution is 2.29. The van der Waals surface area contributed by atoms with Crippen LogP contribution in [0.2, 0.25) is 0 Å². The van der Waals surface area contributed by atoms with Crippen molar-refractivity contribution in [2.75, 3.05) is 32.1 Å². The van der Waals surface area contributed by atoms with E-state index >= 15 is 0 Å². The minimum Gasteiger partial charge on any atom is -0.493 e. The number of nitrogens with one attached hydrogen (secondary N) is 2. The number of allylic oxidation sites excluding steroid dienone is 1. The largest absolute Gasteiger partial charge is 0.493 e. The number of hydrogen-bond acceptors (Lipinski definition) is 11. The Morgan fingerprint density at radius 3 is 2.15 bits per heavy atom. The summed E-state index contributed by atoms with van der Waals surface area (Å²) in [5.41, 5.74) is 8.53. The number of fused-ring (bicyclic) bond motifs is 4. The number of hydrazine groups is 2. The molecule has 0 atom stereocenters. The van der Waals surface area contributed by atoms with Gasteiger partial charge in [-0.05, 0) is 55.3 Å². The second-order valence-corrected chi connectivity index (χ2v) is 16.1. The molecule has 4 heterocycles. The first-order valence-corrected chi connectivity index (χ1v) is 21.5. The van der Waals surface area contributed by atoms with Gasteiger partial charge in [-0.15, -0.1) is 5.53 Å². The number of amides is 1. The molecule has 66 heavy (non-hydrogen) atoms. The van der Waals surface area contributed by atoms with Crippen LogP contribution in [0.25, 0.3) is 21.8 Å². The second-order valence-electron chi connectivity index (χ2n) is 16.1. The fourth-order valence-electron chi connectivity index (χ4n) is 8.17. The van der Waals surface area contributed by atoms with E-state index in [1.165, 1.54) is 30.3 Å². The molecule has 4 aromatic carbocycles. The van der Waals surface area contributed by atoms with Gasteiger partial charge in [0.1, 0.15) is 42.6 Å². The van der Waals surface area contributed by atoms with E-state index in [1.807, 2.05) is 113 Å². The fourth-order valence-corrected chi connectivity index (χ4v) is 8.17. The minimum absolute atomic E-state index is 0.00452. The van der Waals surface area contributed by atoms with Crippen LogP contribution in [0.15, 0.2) is 145 Å². The van der Waals surface area contributed by atoms with E-state index in [2.05, 4.69) is 20.8 Å². The molecule has 1 amide bonds. The SMILES string of the molecule is CN1NN(CCCOC(=O)c2ccc3c(c2)C(=O)c2ccccc2C3=O)C=C1CCCOc1cc(C(=O)Nc2cc3ccccc3[n+](C)c2)nc(C([O])=Nc2cc3ccccc3[n+](C)c2)c1. The number of rotatable bonds is 14. The van der Waals surface area contributed by atoms with Crippen molar-refractivity contribution in [2.24, 2.45) is 19.1 Å². The number of aromatic nitrogens is 3. The smallest absolute Gasteiger partial charge is 0.338 e. The van der Waals surface area contributed by atoms with E-state index in [0.717, 1.165) is 27.5 Å². The Morgan fingerprint density at radius 2 is 1.39 bits per heavy atom. The van der Waals surface area contributed by atoms with E-state index in [9.17, 15) is 24.3 Å². The van der Waals surface area contributed by atoms with Crippen LogP contribution >= 0.6 is 0 Å². The highest BCUT2D eigenvalue weighted by molar-refractivity contribution is 6.28. The number of para-hydroxylation sites is 2. The minimum atomic E-state index is -0.625. The van der Waals surface area contributed by atoms with Gasteiger partial charge < -0.3 is 14.8 Å². The summed E-state index contributed by atoms with van der Waals surface area (Å²) in [6, 6.07) is 33.5. The van der Waals surface area contributed by atoms with Gasteiger partial charge in [0, 0.05) is 89.2 Å². The number of anilines is 1. The molecule has 9 rings (SSSR count). The van der Waals surface area contributed by atoms with Crippen LogP contribution in [0.3, 0.4) is 0 Å². The molecule has 15 heteroatoms. The lowest BCUT2D eigenvalue weighted by molar-refractivity contribution is -0.644. The van der Waals surface area contributed by atoms with Crippen molar-refractivity contribution < 1.29 is 42.9 Å². The molecular weight excluding hydrogens is 837 g/mol. The number of ether oxygens (including phenoxy) is 2. The number of carbonyl (C=O) groups excluding carboxylic acids is 4. The maximum Gasteiger partial charge on any atom is 0.338 e. The molecule has 3 aromatic heterocycles. The van der Waals surface area contributed by atoms with Crippen LogP contribution in [-0.2, 0) is 23.9 Å². The molecule has 2 aliphatic rings. The Kier molecular flexibility index (Phi) is 12.0. The van der Waals surface area contributed by atoms with Gasteiger partial charge >= 0.3 is 5.97 Å². The summed E-state index contributed by atoms with van der Waals surface area (Å²) in [6.07, 6.45) is 7.30. The zero-order chi connectivity index (χ0) is 45.9. The molecule has 1 radical (unpaired) electrons. The van der Waals surface area contributed by atoms with E-state index < -0.39 is 17.8 Å². The Balaban J connectivity index is 0.822. The van der Waals surface area contributed by atoms with Gasteiger partial charge in [-0.25, -0.2) is 14.8 Å². The molecule has 0 saturated heterocycles. The summed E-state index contributed by atoms with van der Waals surface area (Å²) in [4.78, 5) is 61.6. The summed E-state index contributed by atoms with van der Waals surface area (Å²) in [5, 5.41) is 22.3. The van der Waals surface area contributed by atoms with Crippen molar-refractivity contribution in [3.05, 3.63) is 179 Å². The van der Waals surface area contributed by atoms with E-state index in [-0.39, 0.29) is 52.9 Å². The van der Waals surface area contributed by atoms with Crippen LogP contribution in [0, 0.1) is 0 Å². The first-order chi connectivity index (χ1) is 32.0. The second kappa shape index (κ2) is 18.4. The number of ketones is 2. The summed E-state index contributed by atoms with van der Waals surface area (Å²) >= 11 is 0. The van der Waals surface area contributed by atoms with Crippen molar-refractivity contribution in [3.8, 4) is 5.75 Å². The average molecular weight is 882 g/mol. The average Bonchev–Trinajstić information content (AvgIpc) is 3.68. The van der Waals surface area contributed by atoms with Crippen LogP contribution in [0.4, 0.5) is 11.4 Å². The maximum atomic E-state index is 13.7. The standard InChI is InChI=1S/C51H44N8O7/c1-56-29-35(24-32-12-4-8-17-45(32)56)52-49(62)43-27-38(28-44(54-43)50(63)53-36-25-33-13-5-9-18-46(33)57(2)30-36)65-22-10-14-37-31-59(55-58(37)3)21-11-23-66-51(64)34-19-20-41-42(26-34)48(61)40-16-7-6-15-39(40)47(41)60/h4-9,12-13,15-20,24-31,55H,10-11,14,21-23H2,1-3H3/q+1/p+1. The van der Waals surface area contributed by atoms with Crippen LogP contribution in [0.1, 0.15) is 77.6 Å². The molecule has 329 valence electrons. The lowest BCUT2D eigenvalue weighted by atomic mass is 9.83. The molecular formula is C51H45N8O7+2. The molecule has 0 saturated carbocycles. The highest BCUT2D eigenvalue weighted by atomic mass is 16.5. The van der Waals surface area contributed by atoms with Crippen LogP contribution in [0.5, 0.6) is 5.75 Å². The first kappa shape index (κ1) is 43.0. The lowest BCUT2D eigenvalue weighted by Crippen LogP contribution is -2.38. The maximum absolute atomic E-state index is 13.7. The zero-order valence-corrected chi connectivity index (χ0v) is 36.5. The topological polar surface area (TPSA) is 170 Å². The fraction of sp³-hybridized carbons (Fsp3) is 0.176. The predicted octanol–water partition coefficient (Wildman–Crippen LogP) is 6.49. The molecule has 1 aliphatic carbocycles. The molecule has 0 unspecified atom stereocenters. The van der Waals surface area contributed by atoms with Crippen molar-refractivity contribution in [1.82, 2.24) is 20.5 Å². The third-order valence-corrected chi connectivity index (χ3v) is 11.4. The number of nitrogens with zero attached hydrogens (tertiary/aromatic N) is 6. The van der Waals surface area contributed by atoms with Gasteiger partial charge in [0.15, 0.2) is 24.0 Å². The molecule has 0 bridgehead atoms. The number of aliphatic imine (C=N–C) groups is 1. The number of aryl methyl sites for hydroxylation is 2. The van der Waals surface area contributed by atoms with E-state index in [1.54, 1.807) is 30.5 Å². The third kappa shape index (κ3) is 9.05. The molecule has 0 spiro atoms. The lowest BCUT2D eigenvalue weighted by Gasteiger charge is -2.21. The van der Waals surface area contributed by atoms with E-state index in [0.29, 0.717) is 54.1 Å². The molecule has 2 N–H and O–H groups in total. The first-order valence-electron chi connectivity index (χ1n) is 21.5. The monoisotopic (exact) mass is 881 g/mol. The molecule has 15 nitrogen and oxygen atoms in total. The summed E-state index contributed by atoms with van der Waals surface area (Å²) in [7, 11) is 5.68. The summed E-state index contributed by atoms with van der Waals surface area (Å²) in [6.45, 7) is 0.938. The molecule has 0 fully saturated rings. The number of hydrogen-bond donors (Lipinski definition) is 2. The van der Waals surface area contributed by atoms with Gasteiger partial charge in [-0.1, -0.05) is 48.5 Å².